The minimum atomic E-state index is 0.0437. The standard InChI is InChI=1S/C12H15BrO2/c1-8(2)9-4-5-10(11(14)7-13)12(6-9)15-3/h4-6,8H,7H2,1-3H3. The van der Waals surface area contributed by atoms with Crippen LogP contribution in [0.4, 0.5) is 0 Å². The van der Waals surface area contributed by atoms with Crippen molar-refractivity contribution < 1.29 is 9.53 Å². The van der Waals surface area contributed by atoms with Crippen molar-refractivity contribution >= 4 is 21.7 Å². The molecular formula is C12H15BrO2. The van der Waals surface area contributed by atoms with Crippen molar-refractivity contribution in [3.05, 3.63) is 29.3 Å². The van der Waals surface area contributed by atoms with Crippen LogP contribution in [0.25, 0.3) is 0 Å². The van der Waals surface area contributed by atoms with Gasteiger partial charge in [0, 0.05) is 0 Å². The van der Waals surface area contributed by atoms with Gasteiger partial charge in [-0.15, -0.1) is 0 Å². The highest BCUT2D eigenvalue weighted by Gasteiger charge is 2.12. The molecule has 1 rings (SSSR count). The first-order valence-corrected chi connectivity index (χ1v) is 5.99. The minimum Gasteiger partial charge on any atom is -0.496 e. The maximum Gasteiger partial charge on any atom is 0.177 e. The molecular weight excluding hydrogens is 256 g/mol. The van der Waals surface area contributed by atoms with Gasteiger partial charge in [0.15, 0.2) is 5.78 Å². The molecule has 82 valence electrons. The zero-order valence-electron chi connectivity index (χ0n) is 9.21. The first-order valence-electron chi connectivity index (χ1n) is 4.87. The van der Waals surface area contributed by atoms with E-state index in [-0.39, 0.29) is 5.78 Å². The smallest absolute Gasteiger partial charge is 0.177 e. The Balaban J connectivity index is 3.15. The third-order valence-electron chi connectivity index (χ3n) is 2.31. The molecule has 15 heavy (non-hydrogen) atoms. The van der Waals surface area contributed by atoms with Crippen molar-refractivity contribution in [2.24, 2.45) is 0 Å². The predicted molar refractivity (Wildman–Crippen MR) is 65.2 cm³/mol. The highest BCUT2D eigenvalue weighted by Crippen LogP contribution is 2.25. The quantitative estimate of drug-likeness (QED) is 0.619. The number of benzene rings is 1. The highest BCUT2D eigenvalue weighted by atomic mass is 79.9. The molecule has 1 aromatic carbocycles. The Morgan fingerprint density at radius 3 is 2.60 bits per heavy atom. The zero-order valence-corrected chi connectivity index (χ0v) is 10.8. The van der Waals surface area contributed by atoms with E-state index < -0.39 is 0 Å². The number of alkyl halides is 1. The van der Waals surface area contributed by atoms with Gasteiger partial charge < -0.3 is 4.74 Å². The molecule has 0 aliphatic carbocycles. The summed E-state index contributed by atoms with van der Waals surface area (Å²) in [6, 6.07) is 5.74. The summed E-state index contributed by atoms with van der Waals surface area (Å²) < 4.78 is 5.22. The summed E-state index contributed by atoms with van der Waals surface area (Å²) in [4.78, 5) is 11.5. The van der Waals surface area contributed by atoms with E-state index in [9.17, 15) is 4.79 Å². The summed E-state index contributed by atoms with van der Waals surface area (Å²) in [7, 11) is 1.59. The second kappa shape index (κ2) is 5.31. The van der Waals surface area contributed by atoms with E-state index in [0.29, 0.717) is 22.6 Å². The molecule has 0 radical (unpaired) electrons. The second-order valence-electron chi connectivity index (χ2n) is 3.67. The van der Waals surface area contributed by atoms with Crippen LogP contribution in [0.1, 0.15) is 35.7 Å². The SMILES string of the molecule is COc1cc(C(C)C)ccc1C(=O)CBr. The van der Waals surface area contributed by atoms with Crippen LogP contribution in [0.5, 0.6) is 5.75 Å². The molecule has 0 N–H and O–H groups in total. The van der Waals surface area contributed by atoms with Gasteiger partial charge in [0.05, 0.1) is 18.0 Å². The monoisotopic (exact) mass is 270 g/mol. The van der Waals surface area contributed by atoms with E-state index in [1.807, 2.05) is 18.2 Å². The number of carbonyl (C=O) groups is 1. The van der Waals surface area contributed by atoms with Gasteiger partial charge in [-0.3, -0.25) is 4.79 Å². The van der Waals surface area contributed by atoms with Crippen LogP contribution in [0.2, 0.25) is 0 Å². The van der Waals surface area contributed by atoms with E-state index in [1.165, 1.54) is 5.56 Å². The number of ketones is 1. The predicted octanol–water partition coefficient (Wildman–Crippen LogP) is 3.40. The first kappa shape index (κ1) is 12.2. The Bertz CT molecular complexity index is 359. The van der Waals surface area contributed by atoms with Gasteiger partial charge in [0.2, 0.25) is 0 Å². The average Bonchev–Trinajstić information content (AvgIpc) is 2.27. The van der Waals surface area contributed by atoms with Crippen LogP contribution in [0, 0.1) is 0 Å². The van der Waals surface area contributed by atoms with Gasteiger partial charge in [-0.05, 0) is 23.6 Å². The fourth-order valence-electron chi connectivity index (χ4n) is 1.37. The maximum absolute atomic E-state index is 11.5. The molecule has 0 spiro atoms. The number of rotatable bonds is 4. The van der Waals surface area contributed by atoms with Crippen LogP contribution in [-0.4, -0.2) is 18.2 Å². The van der Waals surface area contributed by atoms with Crippen LogP contribution >= 0.6 is 15.9 Å². The van der Waals surface area contributed by atoms with Crippen molar-refractivity contribution in [2.75, 3.05) is 12.4 Å². The third kappa shape index (κ3) is 2.81. The van der Waals surface area contributed by atoms with Crippen LogP contribution in [0.15, 0.2) is 18.2 Å². The van der Waals surface area contributed by atoms with E-state index in [0.717, 1.165) is 0 Å². The van der Waals surface area contributed by atoms with Gasteiger partial charge in [-0.1, -0.05) is 35.8 Å². The molecule has 0 fully saturated rings. The minimum absolute atomic E-state index is 0.0437. The Kier molecular flexibility index (Phi) is 4.33. The molecule has 0 aliphatic heterocycles. The number of methoxy groups -OCH3 is 1. The van der Waals surface area contributed by atoms with E-state index in [1.54, 1.807) is 7.11 Å². The molecule has 3 heteroatoms. The summed E-state index contributed by atoms with van der Waals surface area (Å²) in [6.45, 7) is 4.22. The number of carbonyl (C=O) groups excluding carboxylic acids is 1. The molecule has 0 saturated carbocycles. The Morgan fingerprint density at radius 1 is 1.47 bits per heavy atom. The summed E-state index contributed by atoms with van der Waals surface area (Å²) in [6.07, 6.45) is 0. The maximum atomic E-state index is 11.5. The zero-order chi connectivity index (χ0) is 11.4. The largest absolute Gasteiger partial charge is 0.496 e. The molecule has 0 aromatic heterocycles. The fraction of sp³-hybridized carbons (Fsp3) is 0.417. The molecule has 0 saturated heterocycles. The van der Waals surface area contributed by atoms with Crippen molar-refractivity contribution in [3.8, 4) is 5.75 Å². The lowest BCUT2D eigenvalue weighted by atomic mass is 10.00. The number of hydrogen-bond acceptors (Lipinski definition) is 2. The van der Waals surface area contributed by atoms with E-state index in [2.05, 4.69) is 29.8 Å². The number of hydrogen-bond donors (Lipinski definition) is 0. The first-order chi connectivity index (χ1) is 7.10. The topological polar surface area (TPSA) is 26.3 Å². The summed E-state index contributed by atoms with van der Waals surface area (Å²) in [5.41, 5.74) is 1.82. The molecule has 0 atom stereocenters. The third-order valence-corrected chi connectivity index (χ3v) is 2.82. The lowest BCUT2D eigenvalue weighted by Gasteiger charge is -2.11. The average molecular weight is 271 g/mol. The number of ether oxygens (including phenoxy) is 1. The normalized spacial score (nSPS) is 10.5. The lowest BCUT2D eigenvalue weighted by molar-refractivity contribution is 0.102. The van der Waals surface area contributed by atoms with Crippen LogP contribution < -0.4 is 4.74 Å². The molecule has 0 aliphatic rings. The molecule has 0 amide bonds. The van der Waals surface area contributed by atoms with E-state index in [4.69, 9.17) is 4.74 Å². The molecule has 2 nitrogen and oxygen atoms in total. The summed E-state index contributed by atoms with van der Waals surface area (Å²) in [5, 5.41) is 0.324. The number of Topliss-reactive ketones (excluding diaryl/α,β-unsaturated/α-hetero) is 1. The van der Waals surface area contributed by atoms with Crippen molar-refractivity contribution in [3.63, 3.8) is 0 Å². The fourth-order valence-corrected chi connectivity index (χ4v) is 1.67. The Labute approximate surface area is 98.8 Å². The van der Waals surface area contributed by atoms with Gasteiger partial charge >= 0.3 is 0 Å². The van der Waals surface area contributed by atoms with Gasteiger partial charge in [0.1, 0.15) is 5.75 Å². The van der Waals surface area contributed by atoms with Gasteiger partial charge in [0.25, 0.3) is 0 Å². The second-order valence-corrected chi connectivity index (χ2v) is 4.23. The van der Waals surface area contributed by atoms with Gasteiger partial charge in [-0.2, -0.15) is 0 Å². The summed E-state index contributed by atoms with van der Waals surface area (Å²) >= 11 is 3.16. The Morgan fingerprint density at radius 2 is 2.13 bits per heavy atom. The van der Waals surface area contributed by atoms with Crippen molar-refractivity contribution in [1.29, 1.82) is 0 Å². The molecule has 0 bridgehead atoms. The van der Waals surface area contributed by atoms with Crippen LogP contribution in [-0.2, 0) is 0 Å². The molecule has 0 unspecified atom stereocenters. The molecule has 0 heterocycles. The van der Waals surface area contributed by atoms with E-state index >= 15 is 0 Å². The van der Waals surface area contributed by atoms with Crippen LogP contribution in [0.3, 0.4) is 0 Å². The number of halogens is 1. The van der Waals surface area contributed by atoms with Gasteiger partial charge in [-0.25, -0.2) is 0 Å². The van der Waals surface area contributed by atoms with Crippen molar-refractivity contribution in [1.82, 2.24) is 0 Å². The molecule has 1 aromatic rings. The van der Waals surface area contributed by atoms with Crippen molar-refractivity contribution in [2.45, 2.75) is 19.8 Å². The Hall–Kier alpha value is -0.830. The highest BCUT2D eigenvalue weighted by molar-refractivity contribution is 9.09. The lowest BCUT2D eigenvalue weighted by Crippen LogP contribution is -2.04. The summed E-state index contributed by atoms with van der Waals surface area (Å²) in [5.74, 6) is 1.14.